The summed E-state index contributed by atoms with van der Waals surface area (Å²) in [4.78, 5) is 21.8. The first-order chi connectivity index (χ1) is 15.9. The molecule has 0 spiro atoms. The van der Waals surface area contributed by atoms with Crippen molar-refractivity contribution < 1.29 is 22.3 Å². The molecule has 2 aliphatic rings. The van der Waals surface area contributed by atoms with Gasteiger partial charge < -0.3 is 15.8 Å². The predicted octanol–water partition coefficient (Wildman–Crippen LogP) is 3.02. The molecule has 0 unspecified atom stereocenters. The van der Waals surface area contributed by atoms with Gasteiger partial charge in [0, 0.05) is 47.0 Å². The molecular formula is C24H35FN4O4S. The minimum absolute atomic E-state index is 0.0260. The van der Waals surface area contributed by atoms with Crippen molar-refractivity contribution in [3.8, 4) is 5.88 Å². The van der Waals surface area contributed by atoms with Gasteiger partial charge in [-0.3, -0.25) is 9.79 Å². The van der Waals surface area contributed by atoms with Crippen LogP contribution in [0.15, 0.2) is 22.8 Å². The minimum Gasteiger partial charge on any atom is -0.478 e. The van der Waals surface area contributed by atoms with E-state index in [1.54, 1.807) is 0 Å². The third kappa shape index (κ3) is 6.34. The molecule has 1 aromatic heterocycles. The largest absolute Gasteiger partial charge is 0.478 e. The Morgan fingerprint density at radius 2 is 2.06 bits per heavy atom. The molecule has 1 amide bonds. The van der Waals surface area contributed by atoms with Gasteiger partial charge in [-0.1, -0.05) is 0 Å². The number of hydrogen-bond donors (Lipinski definition) is 2. The highest BCUT2D eigenvalue weighted by atomic mass is 32.2. The van der Waals surface area contributed by atoms with Gasteiger partial charge in [-0.05, 0) is 59.0 Å². The van der Waals surface area contributed by atoms with Gasteiger partial charge in [0.05, 0.1) is 24.3 Å². The molecule has 3 N–H and O–H groups in total. The summed E-state index contributed by atoms with van der Waals surface area (Å²) in [5.41, 5.74) is 7.83. The number of aliphatic imine (C=N–C) groups is 1. The summed E-state index contributed by atoms with van der Waals surface area (Å²) in [6.07, 6.45) is 3.31. The van der Waals surface area contributed by atoms with Gasteiger partial charge >= 0.3 is 0 Å². The number of halogens is 1. The number of nitrogens with two attached hydrogens (primary N) is 1. The molecule has 2 heterocycles. The average molecular weight is 495 g/mol. The third-order valence-electron chi connectivity index (χ3n) is 6.41. The number of hydrogen-bond acceptors (Lipinski definition) is 7. The van der Waals surface area contributed by atoms with Crippen LogP contribution in [0.5, 0.6) is 5.88 Å². The fraction of sp³-hybridized carbons (Fsp3) is 0.625. The van der Waals surface area contributed by atoms with Crippen molar-refractivity contribution in [2.45, 2.75) is 71.4 Å². The van der Waals surface area contributed by atoms with Crippen LogP contribution in [-0.4, -0.2) is 54.7 Å². The first-order valence-corrected chi connectivity index (χ1v) is 13.6. The van der Waals surface area contributed by atoms with Gasteiger partial charge in [0.25, 0.3) is 0 Å². The quantitative estimate of drug-likeness (QED) is 0.627. The molecule has 188 valence electrons. The maximum absolute atomic E-state index is 14.6. The van der Waals surface area contributed by atoms with Crippen molar-refractivity contribution in [1.82, 2.24) is 10.3 Å². The number of pyridine rings is 1. The molecule has 0 radical (unpaired) electrons. The highest BCUT2D eigenvalue weighted by Crippen LogP contribution is 2.33. The lowest BCUT2D eigenvalue weighted by atomic mass is 9.81. The maximum atomic E-state index is 14.6. The van der Waals surface area contributed by atoms with Crippen LogP contribution >= 0.6 is 0 Å². The number of sulfone groups is 1. The number of rotatable bonds is 6. The molecule has 1 atom stereocenters. The van der Waals surface area contributed by atoms with Crippen LogP contribution in [-0.2, 0) is 14.6 Å². The van der Waals surface area contributed by atoms with Crippen molar-refractivity contribution in [3.63, 3.8) is 0 Å². The van der Waals surface area contributed by atoms with E-state index in [1.807, 2.05) is 27.7 Å². The van der Waals surface area contributed by atoms with Crippen LogP contribution in [0.2, 0.25) is 0 Å². The summed E-state index contributed by atoms with van der Waals surface area (Å²) in [6.45, 7) is 7.99. The smallest absolute Gasteiger partial charge is 0.223 e. The Morgan fingerprint density at radius 1 is 1.38 bits per heavy atom. The Kier molecular flexibility index (Phi) is 8.00. The van der Waals surface area contributed by atoms with Crippen molar-refractivity contribution in [2.75, 3.05) is 18.1 Å². The first kappa shape index (κ1) is 26.1. The van der Waals surface area contributed by atoms with Crippen LogP contribution < -0.4 is 15.8 Å². The fourth-order valence-corrected chi connectivity index (χ4v) is 6.13. The number of nitrogens with zero attached hydrogens (tertiary/aromatic N) is 2. The molecule has 1 aromatic rings. The first-order valence-electron chi connectivity index (χ1n) is 11.8. The van der Waals surface area contributed by atoms with E-state index >= 15 is 0 Å². The number of amides is 1. The van der Waals surface area contributed by atoms with E-state index in [-0.39, 0.29) is 40.6 Å². The Morgan fingerprint density at radius 3 is 2.68 bits per heavy atom. The van der Waals surface area contributed by atoms with Gasteiger partial charge in [0.15, 0.2) is 5.82 Å². The zero-order chi connectivity index (χ0) is 25.1. The molecule has 10 heteroatoms. The molecule has 1 saturated heterocycles. The highest BCUT2D eigenvalue weighted by molar-refractivity contribution is 7.91. The molecular weight excluding hydrogens is 459 g/mol. The van der Waals surface area contributed by atoms with Gasteiger partial charge in [0.2, 0.25) is 11.8 Å². The van der Waals surface area contributed by atoms with Crippen LogP contribution in [0.25, 0.3) is 5.70 Å². The van der Waals surface area contributed by atoms with E-state index < -0.39 is 21.2 Å². The minimum atomic E-state index is -3.02. The lowest BCUT2D eigenvalue weighted by Gasteiger charge is -2.36. The summed E-state index contributed by atoms with van der Waals surface area (Å²) in [5, 5.41) is 3.09. The molecule has 1 saturated carbocycles. The SMILES string of the molecule is CCOc1cc(C(N)=C2CC[C@@H](C(=O)NC3(C)CCS(=O)(=O)CC3)CC2=NC(C)C)c(F)cn1. The van der Waals surface area contributed by atoms with E-state index in [0.717, 1.165) is 11.8 Å². The number of allylic oxidation sites excluding steroid dienone is 1. The molecule has 8 nitrogen and oxygen atoms in total. The topological polar surface area (TPSA) is 124 Å². The summed E-state index contributed by atoms with van der Waals surface area (Å²) >= 11 is 0. The Labute approximate surface area is 201 Å². The predicted molar refractivity (Wildman–Crippen MR) is 131 cm³/mol. The fourth-order valence-electron chi connectivity index (χ4n) is 4.41. The number of aromatic nitrogens is 1. The van der Waals surface area contributed by atoms with Crippen molar-refractivity contribution in [3.05, 3.63) is 29.2 Å². The second kappa shape index (κ2) is 10.4. The number of ether oxygens (including phenoxy) is 1. The lowest BCUT2D eigenvalue weighted by Crippen LogP contribution is -2.53. The van der Waals surface area contributed by atoms with Crippen LogP contribution in [0, 0.1) is 11.7 Å². The second-order valence-corrected chi connectivity index (χ2v) is 11.9. The van der Waals surface area contributed by atoms with Crippen LogP contribution in [0.3, 0.4) is 0 Å². The highest BCUT2D eigenvalue weighted by Gasteiger charge is 2.37. The molecule has 1 aliphatic carbocycles. The Balaban J connectivity index is 1.83. The summed E-state index contributed by atoms with van der Waals surface area (Å²) < 4.78 is 43.6. The second-order valence-electron chi connectivity index (χ2n) is 9.64. The molecule has 1 aliphatic heterocycles. The molecule has 0 bridgehead atoms. The lowest BCUT2D eigenvalue weighted by molar-refractivity contribution is -0.127. The van der Waals surface area contributed by atoms with E-state index in [1.165, 1.54) is 6.07 Å². The summed E-state index contributed by atoms with van der Waals surface area (Å²) in [6, 6.07) is 1.47. The number of carbonyl (C=O) groups excluding carboxylic acids is 1. The van der Waals surface area contributed by atoms with Crippen molar-refractivity contribution >= 4 is 27.2 Å². The zero-order valence-electron chi connectivity index (χ0n) is 20.4. The molecule has 34 heavy (non-hydrogen) atoms. The molecule has 3 rings (SSSR count). The van der Waals surface area contributed by atoms with Crippen molar-refractivity contribution in [1.29, 1.82) is 0 Å². The van der Waals surface area contributed by atoms with Gasteiger partial charge in [0.1, 0.15) is 9.84 Å². The normalized spacial score (nSPS) is 24.6. The number of nitrogens with one attached hydrogen (secondary N) is 1. The van der Waals surface area contributed by atoms with E-state index in [0.29, 0.717) is 50.3 Å². The van der Waals surface area contributed by atoms with Gasteiger partial charge in [-0.2, -0.15) is 0 Å². The van der Waals surface area contributed by atoms with Crippen LogP contribution in [0.4, 0.5) is 4.39 Å². The van der Waals surface area contributed by atoms with Crippen molar-refractivity contribution in [2.24, 2.45) is 16.6 Å². The summed E-state index contributed by atoms with van der Waals surface area (Å²) in [7, 11) is -3.02. The van der Waals surface area contributed by atoms with E-state index in [2.05, 4.69) is 10.3 Å². The standard InChI is InChI=1S/C24H35FN4O4S/c1-5-33-21-13-18(19(25)14-27-21)22(26)17-7-6-16(12-20(17)28-15(2)3)23(30)29-24(4)8-10-34(31,32)11-9-24/h13-16H,5-12,26H2,1-4H3,(H,29,30)/t16-/m1/s1. The Bertz CT molecular complexity index is 1080. The third-order valence-corrected chi connectivity index (χ3v) is 8.06. The van der Waals surface area contributed by atoms with Crippen LogP contribution in [0.1, 0.15) is 65.4 Å². The molecule has 0 aromatic carbocycles. The monoisotopic (exact) mass is 494 g/mol. The van der Waals surface area contributed by atoms with E-state index in [9.17, 15) is 17.6 Å². The Hall–Kier alpha value is -2.49. The summed E-state index contributed by atoms with van der Waals surface area (Å²) in [5.74, 6) is -0.508. The number of carbonyl (C=O) groups is 1. The van der Waals surface area contributed by atoms with E-state index in [4.69, 9.17) is 15.5 Å². The zero-order valence-corrected chi connectivity index (χ0v) is 21.2. The molecule has 2 fully saturated rings. The maximum Gasteiger partial charge on any atom is 0.223 e. The average Bonchev–Trinajstić information content (AvgIpc) is 2.77. The van der Waals surface area contributed by atoms with Gasteiger partial charge in [-0.15, -0.1) is 0 Å². The van der Waals surface area contributed by atoms with Gasteiger partial charge in [-0.25, -0.2) is 17.8 Å².